The van der Waals surface area contributed by atoms with Crippen molar-refractivity contribution in [3.05, 3.63) is 65.7 Å². The van der Waals surface area contributed by atoms with Crippen LogP contribution in [0.3, 0.4) is 0 Å². The van der Waals surface area contributed by atoms with Crippen molar-refractivity contribution in [1.82, 2.24) is 10.2 Å². The van der Waals surface area contributed by atoms with Crippen molar-refractivity contribution in [2.24, 2.45) is 11.8 Å². The van der Waals surface area contributed by atoms with E-state index in [1.807, 2.05) is 56.0 Å². The fourth-order valence-corrected chi connectivity index (χ4v) is 6.25. The summed E-state index contributed by atoms with van der Waals surface area (Å²) in [6, 6.07) is 18.5. The van der Waals surface area contributed by atoms with Gasteiger partial charge in [0.25, 0.3) is 0 Å². The molecule has 1 aliphatic carbocycles. The van der Waals surface area contributed by atoms with Gasteiger partial charge in [-0.25, -0.2) is 4.79 Å². The van der Waals surface area contributed by atoms with Crippen LogP contribution in [0.1, 0.15) is 82.8 Å². The lowest BCUT2D eigenvalue weighted by Crippen LogP contribution is -2.38. The first-order valence-corrected chi connectivity index (χ1v) is 15.7. The van der Waals surface area contributed by atoms with Crippen LogP contribution in [0.2, 0.25) is 0 Å². The van der Waals surface area contributed by atoms with Crippen molar-refractivity contribution in [3.63, 3.8) is 0 Å². The monoisotopic (exact) mass is 592 g/mol. The Bertz CT molecular complexity index is 1190. The standard InChI is InChI=1S/C35H48N2O6/c1-35(2,3)43-34(40)36-23-26-12-14-27(15-13-26)28-16-18-31(19-17-28)42-24-30-21-29(22-32(38)41-4)33(39)37(30)20-8-11-25-9-6-5-7-10-25/h5-7,9-10,16-19,26-27,29-30H,8,11-15,20-24H2,1-4H3,(H,36,40)/t26?,27?,29-,30-/m0/s1. The number of carbonyl (C=O) groups excluding carboxylic acids is 3. The minimum absolute atomic E-state index is 0.0132. The molecule has 43 heavy (non-hydrogen) atoms. The van der Waals surface area contributed by atoms with Gasteiger partial charge in [-0.1, -0.05) is 42.5 Å². The summed E-state index contributed by atoms with van der Waals surface area (Å²) in [6.07, 6.45) is 6.41. The van der Waals surface area contributed by atoms with Crippen molar-refractivity contribution in [2.45, 2.75) is 89.7 Å². The van der Waals surface area contributed by atoms with E-state index >= 15 is 0 Å². The Balaban J connectivity index is 1.25. The number of benzene rings is 2. The molecule has 1 heterocycles. The highest BCUT2D eigenvalue weighted by atomic mass is 16.6. The second-order valence-electron chi connectivity index (χ2n) is 13.0. The Labute approximate surface area is 256 Å². The Morgan fingerprint density at radius 2 is 1.67 bits per heavy atom. The largest absolute Gasteiger partial charge is 0.491 e. The first kappa shape index (κ1) is 32.4. The number of rotatable bonds is 12. The molecule has 2 aromatic rings. The van der Waals surface area contributed by atoms with Gasteiger partial charge < -0.3 is 24.4 Å². The molecule has 8 nitrogen and oxygen atoms in total. The average Bonchev–Trinajstić information content (AvgIpc) is 3.28. The Morgan fingerprint density at radius 3 is 2.33 bits per heavy atom. The minimum Gasteiger partial charge on any atom is -0.491 e. The third-order valence-corrected chi connectivity index (χ3v) is 8.55. The molecule has 1 saturated heterocycles. The van der Waals surface area contributed by atoms with Gasteiger partial charge in [-0.3, -0.25) is 9.59 Å². The Morgan fingerprint density at radius 1 is 0.977 bits per heavy atom. The SMILES string of the molecule is COC(=O)C[C@@H]1C[C@@H](COc2ccc(C3CCC(CNC(=O)OC(C)(C)C)CC3)cc2)N(CCCc2ccccc2)C1=O. The van der Waals surface area contributed by atoms with Crippen molar-refractivity contribution in [2.75, 3.05) is 26.8 Å². The van der Waals surface area contributed by atoms with Crippen LogP contribution in [-0.4, -0.2) is 61.3 Å². The number of nitrogens with one attached hydrogen (secondary N) is 1. The Hall–Kier alpha value is -3.55. The molecule has 0 spiro atoms. The summed E-state index contributed by atoms with van der Waals surface area (Å²) in [4.78, 5) is 39.1. The second-order valence-corrected chi connectivity index (χ2v) is 13.0. The van der Waals surface area contributed by atoms with Crippen LogP contribution >= 0.6 is 0 Å². The third kappa shape index (κ3) is 10.0. The number of likely N-dealkylation sites (tertiary alicyclic amines) is 1. The van der Waals surface area contributed by atoms with E-state index < -0.39 is 5.60 Å². The highest BCUT2D eigenvalue weighted by Gasteiger charge is 2.40. The van der Waals surface area contributed by atoms with Gasteiger partial charge in [0.15, 0.2) is 0 Å². The van der Waals surface area contributed by atoms with Gasteiger partial charge in [0, 0.05) is 13.1 Å². The maximum atomic E-state index is 13.2. The summed E-state index contributed by atoms with van der Waals surface area (Å²) in [5.41, 5.74) is 2.07. The molecule has 2 atom stereocenters. The zero-order valence-electron chi connectivity index (χ0n) is 26.2. The van der Waals surface area contributed by atoms with Crippen LogP contribution in [0.4, 0.5) is 4.79 Å². The molecular weight excluding hydrogens is 544 g/mol. The van der Waals surface area contributed by atoms with Crippen LogP contribution in [-0.2, 0) is 25.5 Å². The van der Waals surface area contributed by atoms with Crippen molar-refractivity contribution < 1.29 is 28.6 Å². The first-order chi connectivity index (χ1) is 20.6. The zero-order chi connectivity index (χ0) is 30.8. The molecule has 4 rings (SSSR count). The normalized spacial score (nSPS) is 22.2. The lowest BCUT2D eigenvalue weighted by molar-refractivity contribution is -0.144. The van der Waals surface area contributed by atoms with E-state index in [4.69, 9.17) is 14.2 Å². The van der Waals surface area contributed by atoms with Crippen LogP contribution in [0.5, 0.6) is 5.75 Å². The Kier molecular flexibility index (Phi) is 11.5. The number of aryl methyl sites for hydroxylation is 1. The van der Waals surface area contributed by atoms with Gasteiger partial charge in [-0.05, 0) is 101 Å². The van der Waals surface area contributed by atoms with E-state index in [1.54, 1.807) is 0 Å². The predicted octanol–water partition coefficient (Wildman–Crippen LogP) is 6.28. The van der Waals surface area contributed by atoms with Gasteiger partial charge in [0.2, 0.25) is 5.91 Å². The van der Waals surface area contributed by atoms with Crippen LogP contribution < -0.4 is 10.1 Å². The predicted molar refractivity (Wildman–Crippen MR) is 166 cm³/mol. The number of ether oxygens (including phenoxy) is 3. The minimum atomic E-state index is -0.485. The second kappa shape index (κ2) is 15.3. The average molecular weight is 593 g/mol. The van der Waals surface area contributed by atoms with Gasteiger partial charge >= 0.3 is 12.1 Å². The van der Waals surface area contributed by atoms with Crippen molar-refractivity contribution in [1.29, 1.82) is 0 Å². The lowest BCUT2D eigenvalue weighted by atomic mass is 9.78. The smallest absolute Gasteiger partial charge is 0.407 e. The summed E-state index contributed by atoms with van der Waals surface area (Å²) in [5.74, 6) is 1.05. The van der Waals surface area contributed by atoms with Crippen LogP contribution in [0.15, 0.2) is 54.6 Å². The molecule has 0 aromatic heterocycles. The van der Waals surface area contributed by atoms with Crippen LogP contribution in [0.25, 0.3) is 0 Å². The van der Waals surface area contributed by atoms with Crippen molar-refractivity contribution >= 4 is 18.0 Å². The number of hydrogen-bond acceptors (Lipinski definition) is 6. The van der Waals surface area contributed by atoms with Crippen molar-refractivity contribution in [3.8, 4) is 5.75 Å². The zero-order valence-corrected chi connectivity index (χ0v) is 26.2. The molecule has 0 unspecified atom stereocenters. The summed E-state index contributed by atoms with van der Waals surface area (Å²) in [6.45, 7) is 7.29. The fourth-order valence-electron chi connectivity index (χ4n) is 6.25. The number of alkyl carbamates (subject to hydrolysis) is 1. The topological polar surface area (TPSA) is 94.2 Å². The summed E-state index contributed by atoms with van der Waals surface area (Å²) >= 11 is 0. The number of esters is 1. The number of methoxy groups -OCH3 is 1. The van der Waals surface area contributed by atoms with E-state index in [-0.39, 0.29) is 36.4 Å². The molecule has 0 bridgehead atoms. The maximum Gasteiger partial charge on any atom is 0.407 e. The summed E-state index contributed by atoms with van der Waals surface area (Å²) in [5, 5.41) is 2.92. The molecule has 1 aliphatic heterocycles. The molecule has 234 valence electrons. The number of nitrogens with zero attached hydrogens (tertiary/aromatic N) is 1. The number of carbonyl (C=O) groups is 3. The fraction of sp³-hybridized carbons (Fsp3) is 0.571. The highest BCUT2D eigenvalue weighted by molar-refractivity contribution is 5.85. The number of hydrogen-bond donors (Lipinski definition) is 1. The molecule has 1 N–H and O–H groups in total. The van der Waals surface area contributed by atoms with Gasteiger partial charge in [-0.15, -0.1) is 0 Å². The van der Waals surface area contributed by atoms with Gasteiger partial charge in [0.1, 0.15) is 18.0 Å². The molecule has 0 radical (unpaired) electrons. The van der Waals surface area contributed by atoms with E-state index in [0.29, 0.717) is 38.0 Å². The highest BCUT2D eigenvalue weighted by Crippen LogP contribution is 2.36. The first-order valence-electron chi connectivity index (χ1n) is 15.7. The summed E-state index contributed by atoms with van der Waals surface area (Å²) in [7, 11) is 1.36. The van der Waals surface area contributed by atoms with Gasteiger partial charge in [0.05, 0.1) is 25.5 Å². The molecule has 2 aliphatic rings. The maximum absolute atomic E-state index is 13.2. The number of amides is 2. The van der Waals surface area contributed by atoms with E-state index in [2.05, 4.69) is 29.6 Å². The van der Waals surface area contributed by atoms with E-state index in [1.165, 1.54) is 18.2 Å². The summed E-state index contributed by atoms with van der Waals surface area (Å²) < 4.78 is 16.4. The van der Waals surface area contributed by atoms with Gasteiger partial charge in [-0.2, -0.15) is 0 Å². The quantitative estimate of drug-likeness (QED) is 0.292. The molecule has 2 aromatic carbocycles. The van der Waals surface area contributed by atoms with E-state index in [0.717, 1.165) is 44.3 Å². The van der Waals surface area contributed by atoms with E-state index in [9.17, 15) is 14.4 Å². The molecule has 1 saturated carbocycles. The molecule has 2 amide bonds. The lowest BCUT2D eigenvalue weighted by Gasteiger charge is -2.29. The molecule has 2 fully saturated rings. The third-order valence-electron chi connectivity index (χ3n) is 8.55. The van der Waals surface area contributed by atoms with Crippen LogP contribution in [0, 0.1) is 11.8 Å². The molecular formula is C35H48N2O6. The molecule has 8 heteroatoms.